The number of amides is 2. The highest BCUT2D eigenvalue weighted by Crippen LogP contribution is 2.14. The van der Waals surface area contributed by atoms with Crippen molar-refractivity contribution < 1.29 is 4.79 Å². The minimum atomic E-state index is -0.185. The van der Waals surface area contributed by atoms with Gasteiger partial charge in [-0.2, -0.15) is 0 Å². The molecule has 2 N–H and O–H groups in total. The number of piperazine rings is 1. The first-order chi connectivity index (χ1) is 11.1. The van der Waals surface area contributed by atoms with Gasteiger partial charge in [-0.25, -0.2) is 4.79 Å². The minimum Gasteiger partial charge on any atom is -0.338 e. The van der Waals surface area contributed by atoms with E-state index in [0.29, 0.717) is 23.2 Å². The van der Waals surface area contributed by atoms with Crippen LogP contribution in [0.5, 0.6) is 0 Å². The van der Waals surface area contributed by atoms with Crippen molar-refractivity contribution in [1.29, 1.82) is 0 Å². The molecule has 1 saturated heterocycles. The van der Waals surface area contributed by atoms with E-state index >= 15 is 0 Å². The number of halogens is 1. The molecule has 1 unspecified atom stereocenters. The van der Waals surface area contributed by atoms with Gasteiger partial charge < -0.3 is 20.4 Å². The van der Waals surface area contributed by atoms with Crippen LogP contribution in [-0.4, -0.2) is 61.6 Å². The molecule has 2 amide bonds. The molecule has 1 heterocycles. The van der Waals surface area contributed by atoms with Gasteiger partial charge in [-0.3, -0.25) is 0 Å². The lowest BCUT2D eigenvalue weighted by Gasteiger charge is -2.35. The second-order valence-corrected chi connectivity index (χ2v) is 6.62. The third-order valence-corrected chi connectivity index (χ3v) is 4.41. The Morgan fingerprint density at radius 2 is 1.96 bits per heavy atom. The molecular weight excluding hydrogens is 312 g/mol. The van der Waals surface area contributed by atoms with E-state index in [0.717, 1.165) is 39.3 Å². The first kappa shape index (κ1) is 18.0. The molecule has 1 aromatic carbocycles. The number of rotatable bonds is 6. The Morgan fingerprint density at radius 1 is 1.26 bits per heavy atom. The van der Waals surface area contributed by atoms with E-state index in [1.807, 2.05) is 12.1 Å². The number of nitrogens with one attached hydrogen (secondary N) is 2. The van der Waals surface area contributed by atoms with Gasteiger partial charge in [0, 0.05) is 50.0 Å². The van der Waals surface area contributed by atoms with Crippen LogP contribution in [-0.2, 0) is 0 Å². The number of benzene rings is 1. The van der Waals surface area contributed by atoms with Gasteiger partial charge in [-0.15, -0.1) is 0 Å². The molecule has 0 aliphatic carbocycles. The van der Waals surface area contributed by atoms with E-state index in [9.17, 15) is 4.79 Å². The van der Waals surface area contributed by atoms with Crippen LogP contribution >= 0.6 is 11.6 Å². The summed E-state index contributed by atoms with van der Waals surface area (Å²) in [4.78, 5) is 16.9. The van der Waals surface area contributed by atoms with E-state index in [1.165, 1.54) is 0 Å². The molecule has 23 heavy (non-hydrogen) atoms. The maximum atomic E-state index is 11.9. The lowest BCUT2D eigenvalue weighted by molar-refractivity contribution is 0.124. The van der Waals surface area contributed by atoms with E-state index < -0.39 is 0 Å². The average molecular weight is 339 g/mol. The molecule has 0 aromatic heterocycles. The standard InChI is InChI=1S/C17H27ClN4O/c1-3-21-7-9-22(10-8-21)13-14(2)12-19-17(23)20-16-6-4-5-15(18)11-16/h4-6,11,14H,3,7-10,12-13H2,1-2H3,(H2,19,20,23). The molecule has 0 radical (unpaired) electrons. The van der Waals surface area contributed by atoms with E-state index in [-0.39, 0.29) is 6.03 Å². The van der Waals surface area contributed by atoms with Crippen LogP contribution in [0.15, 0.2) is 24.3 Å². The Labute approximate surface area is 144 Å². The number of hydrogen-bond acceptors (Lipinski definition) is 3. The first-order valence-electron chi connectivity index (χ1n) is 8.32. The van der Waals surface area contributed by atoms with Crippen molar-refractivity contribution in [1.82, 2.24) is 15.1 Å². The zero-order valence-electron chi connectivity index (χ0n) is 14.0. The molecule has 0 spiro atoms. The van der Waals surface area contributed by atoms with Crippen LogP contribution < -0.4 is 10.6 Å². The van der Waals surface area contributed by atoms with Crippen molar-refractivity contribution >= 4 is 23.3 Å². The molecular formula is C17H27ClN4O. The Hall–Kier alpha value is -1.30. The number of nitrogens with zero attached hydrogens (tertiary/aromatic N) is 2. The summed E-state index contributed by atoms with van der Waals surface area (Å²) in [7, 11) is 0. The van der Waals surface area contributed by atoms with Gasteiger partial charge in [0.05, 0.1) is 0 Å². The maximum absolute atomic E-state index is 11.9. The summed E-state index contributed by atoms with van der Waals surface area (Å²) in [5, 5.41) is 6.34. The molecule has 2 rings (SSSR count). The average Bonchev–Trinajstić information content (AvgIpc) is 2.54. The summed E-state index contributed by atoms with van der Waals surface area (Å²) in [6.07, 6.45) is 0. The Balaban J connectivity index is 1.66. The number of likely N-dealkylation sites (N-methyl/N-ethyl adjacent to an activating group) is 1. The lowest BCUT2D eigenvalue weighted by atomic mass is 10.1. The zero-order valence-corrected chi connectivity index (χ0v) is 14.8. The number of hydrogen-bond donors (Lipinski definition) is 2. The largest absolute Gasteiger partial charge is 0.338 e. The summed E-state index contributed by atoms with van der Waals surface area (Å²) < 4.78 is 0. The lowest BCUT2D eigenvalue weighted by Crippen LogP contribution is -2.48. The first-order valence-corrected chi connectivity index (χ1v) is 8.69. The van der Waals surface area contributed by atoms with Crippen LogP contribution in [0.3, 0.4) is 0 Å². The molecule has 5 nitrogen and oxygen atoms in total. The van der Waals surface area contributed by atoms with Crippen LogP contribution in [0.25, 0.3) is 0 Å². The highest BCUT2D eigenvalue weighted by Gasteiger charge is 2.17. The van der Waals surface area contributed by atoms with Gasteiger partial charge in [-0.1, -0.05) is 31.5 Å². The SMILES string of the molecule is CCN1CCN(CC(C)CNC(=O)Nc2cccc(Cl)c2)CC1. The highest BCUT2D eigenvalue weighted by atomic mass is 35.5. The molecule has 6 heteroatoms. The molecule has 1 atom stereocenters. The Morgan fingerprint density at radius 3 is 2.61 bits per heavy atom. The number of anilines is 1. The molecule has 128 valence electrons. The van der Waals surface area contributed by atoms with Gasteiger partial charge in [0.15, 0.2) is 0 Å². The topological polar surface area (TPSA) is 47.6 Å². The fourth-order valence-corrected chi connectivity index (χ4v) is 2.99. The third kappa shape index (κ3) is 6.37. The Kier molecular flexibility index (Phi) is 7.15. The van der Waals surface area contributed by atoms with Crippen molar-refractivity contribution in [2.45, 2.75) is 13.8 Å². The van der Waals surface area contributed by atoms with Gasteiger partial charge >= 0.3 is 6.03 Å². The summed E-state index contributed by atoms with van der Waals surface area (Å²) >= 11 is 5.90. The van der Waals surface area contributed by atoms with Gasteiger partial charge in [0.2, 0.25) is 0 Å². The fourth-order valence-electron chi connectivity index (χ4n) is 2.80. The predicted molar refractivity (Wildman–Crippen MR) is 96.2 cm³/mol. The number of urea groups is 1. The van der Waals surface area contributed by atoms with E-state index in [2.05, 4.69) is 34.3 Å². The van der Waals surface area contributed by atoms with E-state index in [4.69, 9.17) is 11.6 Å². The summed E-state index contributed by atoms with van der Waals surface area (Å²) in [6, 6.07) is 6.97. The highest BCUT2D eigenvalue weighted by molar-refractivity contribution is 6.30. The third-order valence-electron chi connectivity index (χ3n) is 4.18. The predicted octanol–water partition coefficient (Wildman–Crippen LogP) is 2.74. The normalized spacial score (nSPS) is 17.7. The van der Waals surface area contributed by atoms with Crippen LogP contribution in [0, 0.1) is 5.92 Å². The van der Waals surface area contributed by atoms with Crippen molar-refractivity contribution in [2.75, 3.05) is 51.1 Å². The molecule has 1 aromatic rings. The second kappa shape index (κ2) is 9.11. The molecule has 0 saturated carbocycles. The molecule has 1 aliphatic rings. The molecule has 0 bridgehead atoms. The molecule has 1 aliphatic heterocycles. The minimum absolute atomic E-state index is 0.185. The van der Waals surface area contributed by atoms with Gasteiger partial charge in [-0.05, 0) is 30.7 Å². The number of carbonyl (C=O) groups is 1. The van der Waals surface area contributed by atoms with Gasteiger partial charge in [0.1, 0.15) is 0 Å². The van der Waals surface area contributed by atoms with Crippen LogP contribution in [0.1, 0.15) is 13.8 Å². The Bertz CT molecular complexity index is 503. The zero-order chi connectivity index (χ0) is 16.7. The summed E-state index contributed by atoms with van der Waals surface area (Å²) in [6.45, 7) is 11.7. The van der Waals surface area contributed by atoms with Crippen molar-refractivity contribution in [3.8, 4) is 0 Å². The quantitative estimate of drug-likeness (QED) is 0.838. The fraction of sp³-hybridized carbons (Fsp3) is 0.588. The summed E-state index contributed by atoms with van der Waals surface area (Å²) in [5.74, 6) is 0.424. The van der Waals surface area contributed by atoms with E-state index in [1.54, 1.807) is 12.1 Å². The van der Waals surface area contributed by atoms with Gasteiger partial charge in [0.25, 0.3) is 0 Å². The van der Waals surface area contributed by atoms with Crippen LogP contribution in [0.4, 0.5) is 10.5 Å². The monoisotopic (exact) mass is 338 g/mol. The molecule has 1 fully saturated rings. The van der Waals surface area contributed by atoms with Crippen molar-refractivity contribution in [2.24, 2.45) is 5.92 Å². The smallest absolute Gasteiger partial charge is 0.319 e. The number of carbonyl (C=O) groups excluding carboxylic acids is 1. The second-order valence-electron chi connectivity index (χ2n) is 6.19. The summed E-state index contributed by atoms with van der Waals surface area (Å²) in [5.41, 5.74) is 0.707. The van der Waals surface area contributed by atoms with Crippen molar-refractivity contribution in [3.05, 3.63) is 29.3 Å². The maximum Gasteiger partial charge on any atom is 0.319 e. The van der Waals surface area contributed by atoms with Crippen molar-refractivity contribution in [3.63, 3.8) is 0 Å². The van der Waals surface area contributed by atoms with Crippen LogP contribution in [0.2, 0.25) is 5.02 Å².